The second-order valence-electron chi connectivity index (χ2n) is 14.6. The van der Waals surface area contributed by atoms with E-state index in [2.05, 4.69) is 133 Å². The number of rotatable bonds is 8. The van der Waals surface area contributed by atoms with Gasteiger partial charge >= 0.3 is 0 Å². The molecule has 0 aromatic heterocycles. The van der Waals surface area contributed by atoms with Crippen molar-refractivity contribution in [3.8, 4) is 0 Å². The third-order valence-corrected chi connectivity index (χ3v) is 10.9. The Balaban J connectivity index is 0.00000141. The largest absolute Gasteiger partial charge is 0.405 e. The Morgan fingerprint density at radius 1 is 1.00 bits per heavy atom. The van der Waals surface area contributed by atoms with Crippen molar-refractivity contribution in [2.24, 2.45) is 28.9 Å². The fraction of sp³-hybridized carbons (Fsp3) is 0.476. The Kier molecular flexibility index (Phi) is 11.2. The van der Waals surface area contributed by atoms with Crippen molar-refractivity contribution in [2.45, 2.75) is 97.8 Å². The van der Waals surface area contributed by atoms with Gasteiger partial charge < -0.3 is 11.1 Å². The molecular weight excluding hydrogens is 532 g/mol. The number of fused-ring (bicyclic) bond motifs is 3. The SMILES string of the molecule is C=C/C=C1/CCC2C(=C1CCC)C(c1ccc(/C=C/CNc3ccc(C(C)(C)C)cc3)cc1)CC1(C)C(C)CCC21.C=CN. The third-order valence-electron chi connectivity index (χ3n) is 10.9. The second-order valence-corrected chi connectivity index (χ2v) is 14.6. The van der Waals surface area contributed by atoms with Crippen LogP contribution in [-0.4, -0.2) is 6.54 Å². The van der Waals surface area contributed by atoms with E-state index in [1.807, 2.05) is 6.08 Å². The summed E-state index contributed by atoms with van der Waals surface area (Å²) in [5, 5.41) is 3.54. The van der Waals surface area contributed by atoms with Gasteiger partial charge in [-0.3, -0.25) is 0 Å². The summed E-state index contributed by atoms with van der Waals surface area (Å²) in [4.78, 5) is 0. The molecule has 2 aromatic carbocycles. The average molecular weight is 591 g/mol. The Labute approximate surface area is 269 Å². The van der Waals surface area contributed by atoms with Crippen LogP contribution in [-0.2, 0) is 5.41 Å². The number of hydrogen-bond donors (Lipinski definition) is 2. The van der Waals surface area contributed by atoms with E-state index in [1.54, 1.807) is 16.7 Å². The van der Waals surface area contributed by atoms with Crippen molar-refractivity contribution < 1.29 is 0 Å². The summed E-state index contributed by atoms with van der Waals surface area (Å²) in [5.74, 6) is 2.94. The zero-order valence-corrected chi connectivity index (χ0v) is 28.5. The van der Waals surface area contributed by atoms with E-state index in [0.717, 1.165) is 24.3 Å². The standard InChI is InChI=1S/C40H53N.C2H5N/c1-8-11-30-19-24-35-37-25-14-28(3)40(37,7)27-36(38(35)34(30)12-9-2)31-17-15-29(16-18-31)13-10-26-41-33-22-20-32(21-23-33)39(4,5)6;1-2-3/h8,10-11,13,15-18,20-23,28,35-37,41H,1,9,12,14,19,24-27H2,2-7H3;2H,1,3H2/b13-10+,30-11-;. The molecule has 2 fully saturated rings. The highest BCUT2D eigenvalue weighted by Crippen LogP contribution is 2.65. The third kappa shape index (κ3) is 7.33. The van der Waals surface area contributed by atoms with Crippen LogP contribution in [0, 0.1) is 23.2 Å². The molecule has 2 aromatic rings. The molecule has 44 heavy (non-hydrogen) atoms. The molecule has 2 nitrogen and oxygen atoms in total. The Morgan fingerprint density at radius 2 is 1.68 bits per heavy atom. The molecule has 0 spiro atoms. The number of hydrogen-bond acceptors (Lipinski definition) is 2. The van der Waals surface area contributed by atoms with Gasteiger partial charge in [-0.05, 0) is 113 Å². The molecule has 3 aliphatic rings. The fourth-order valence-corrected chi connectivity index (χ4v) is 8.41. The van der Waals surface area contributed by atoms with E-state index < -0.39 is 0 Å². The zero-order valence-electron chi connectivity index (χ0n) is 28.5. The van der Waals surface area contributed by atoms with Crippen LogP contribution in [0.15, 0.2) is 103 Å². The second kappa shape index (κ2) is 14.7. The minimum atomic E-state index is 0.188. The molecule has 3 aliphatic carbocycles. The number of allylic oxidation sites excluding steroid dienone is 5. The molecule has 0 bridgehead atoms. The number of benzene rings is 2. The molecule has 2 heteroatoms. The van der Waals surface area contributed by atoms with Crippen molar-refractivity contribution in [2.75, 3.05) is 11.9 Å². The molecule has 0 radical (unpaired) electrons. The summed E-state index contributed by atoms with van der Waals surface area (Å²) in [6.45, 7) is 22.3. The smallest absolute Gasteiger partial charge is 0.0342 e. The van der Waals surface area contributed by atoms with Crippen molar-refractivity contribution >= 4 is 11.8 Å². The number of nitrogens with one attached hydrogen (secondary N) is 1. The molecule has 0 heterocycles. The molecule has 5 unspecified atom stereocenters. The molecule has 2 saturated carbocycles. The van der Waals surface area contributed by atoms with Gasteiger partial charge in [0.1, 0.15) is 0 Å². The molecule has 0 saturated heterocycles. The minimum absolute atomic E-state index is 0.188. The summed E-state index contributed by atoms with van der Waals surface area (Å²) in [6.07, 6.45) is 19.1. The maximum absolute atomic E-state index is 4.61. The van der Waals surface area contributed by atoms with E-state index in [0.29, 0.717) is 11.3 Å². The van der Waals surface area contributed by atoms with E-state index in [4.69, 9.17) is 0 Å². The van der Waals surface area contributed by atoms with Gasteiger partial charge in [-0.25, -0.2) is 0 Å². The van der Waals surface area contributed by atoms with Crippen LogP contribution >= 0.6 is 0 Å². The maximum atomic E-state index is 4.61. The number of anilines is 1. The van der Waals surface area contributed by atoms with Gasteiger partial charge in [0.05, 0.1) is 0 Å². The molecule has 5 rings (SSSR count). The van der Waals surface area contributed by atoms with Gasteiger partial charge in [0.15, 0.2) is 0 Å². The first-order valence-electron chi connectivity index (χ1n) is 17.1. The highest BCUT2D eigenvalue weighted by Gasteiger charge is 2.54. The van der Waals surface area contributed by atoms with Crippen LogP contribution in [0.1, 0.15) is 109 Å². The van der Waals surface area contributed by atoms with Crippen LogP contribution in [0.25, 0.3) is 6.08 Å². The fourth-order valence-electron chi connectivity index (χ4n) is 8.41. The maximum Gasteiger partial charge on any atom is 0.0342 e. The predicted molar refractivity (Wildman–Crippen MR) is 194 cm³/mol. The minimum Gasteiger partial charge on any atom is -0.405 e. The van der Waals surface area contributed by atoms with Gasteiger partial charge in [0, 0.05) is 18.2 Å². The average Bonchev–Trinajstić information content (AvgIpc) is 3.30. The molecule has 0 amide bonds. The van der Waals surface area contributed by atoms with Gasteiger partial charge in [-0.1, -0.05) is 127 Å². The molecule has 0 aliphatic heterocycles. The highest BCUT2D eigenvalue weighted by molar-refractivity contribution is 5.54. The topological polar surface area (TPSA) is 38.0 Å². The predicted octanol–water partition coefficient (Wildman–Crippen LogP) is 11.4. The number of nitrogens with two attached hydrogens (primary N) is 1. The van der Waals surface area contributed by atoms with Crippen molar-refractivity contribution in [3.63, 3.8) is 0 Å². The first-order valence-corrected chi connectivity index (χ1v) is 17.1. The van der Waals surface area contributed by atoms with Crippen LogP contribution in [0.4, 0.5) is 5.69 Å². The van der Waals surface area contributed by atoms with Crippen LogP contribution < -0.4 is 11.1 Å². The van der Waals surface area contributed by atoms with Crippen LogP contribution in [0.5, 0.6) is 0 Å². The first-order chi connectivity index (χ1) is 21.1. The van der Waals surface area contributed by atoms with Gasteiger partial charge in [0.25, 0.3) is 0 Å². The lowest BCUT2D eigenvalue weighted by Crippen LogP contribution is -2.42. The lowest BCUT2D eigenvalue weighted by molar-refractivity contribution is 0.0717. The summed E-state index contributed by atoms with van der Waals surface area (Å²) in [6, 6.07) is 18.4. The lowest BCUT2D eigenvalue weighted by atomic mass is 9.52. The Hall–Kier alpha value is -3.26. The van der Waals surface area contributed by atoms with Crippen molar-refractivity contribution in [1.82, 2.24) is 0 Å². The van der Waals surface area contributed by atoms with E-state index in [9.17, 15) is 0 Å². The summed E-state index contributed by atoms with van der Waals surface area (Å²) in [7, 11) is 0. The van der Waals surface area contributed by atoms with Crippen molar-refractivity contribution in [1.29, 1.82) is 0 Å². The highest BCUT2D eigenvalue weighted by atomic mass is 14.8. The van der Waals surface area contributed by atoms with Gasteiger partial charge in [-0.2, -0.15) is 0 Å². The first kappa shape index (κ1) is 33.6. The summed E-state index contributed by atoms with van der Waals surface area (Å²) in [5.41, 5.74) is 15.6. The molecule has 236 valence electrons. The molecular formula is C42H58N2. The quantitative estimate of drug-likeness (QED) is 0.321. The van der Waals surface area contributed by atoms with E-state index >= 15 is 0 Å². The molecule has 3 N–H and O–H groups in total. The molecule has 5 atom stereocenters. The van der Waals surface area contributed by atoms with Crippen molar-refractivity contribution in [3.05, 3.63) is 120 Å². The van der Waals surface area contributed by atoms with Gasteiger partial charge in [-0.15, -0.1) is 0 Å². The Morgan fingerprint density at radius 3 is 2.30 bits per heavy atom. The van der Waals surface area contributed by atoms with E-state index in [-0.39, 0.29) is 5.41 Å². The zero-order chi connectivity index (χ0) is 31.9. The van der Waals surface area contributed by atoms with Gasteiger partial charge in [0.2, 0.25) is 0 Å². The van der Waals surface area contributed by atoms with E-state index in [1.165, 1.54) is 73.5 Å². The lowest BCUT2D eigenvalue weighted by Gasteiger charge is -2.52. The van der Waals surface area contributed by atoms with Crippen LogP contribution in [0.3, 0.4) is 0 Å². The van der Waals surface area contributed by atoms with Crippen LogP contribution in [0.2, 0.25) is 0 Å². The summed E-state index contributed by atoms with van der Waals surface area (Å²) < 4.78 is 0. The monoisotopic (exact) mass is 590 g/mol. The summed E-state index contributed by atoms with van der Waals surface area (Å²) >= 11 is 0. The Bertz CT molecular complexity index is 1350. The normalized spacial score (nSPS) is 27.4.